The van der Waals surface area contributed by atoms with Crippen molar-refractivity contribution in [3.63, 3.8) is 0 Å². The Morgan fingerprint density at radius 1 is 1.33 bits per heavy atom. The molecule has 1 saturated carbocycles. The van der Waals surface area contributed by atoms with E-state index in [2.05, 4.69) is 23.2 Å². The van der Waals surface area contributed by atoms with Gasteiger partial charge < -0.3 is 0 Å². The molecule has 1 aromatic carbocycles. The minimum Gasteiger partial charge on any atom is -0.257 e. The van der Waals surface area contributed by atoms with E-state index in [4.69, 9.17) is 5.26 Å². The zero-order valence-corrected chi connectivity index (χ0v) is 8.48. The highest BCUT2D eigenvalue weighted by Crippen LogP contribution is 2.44. The molecule has 0 bridgehead atoms. The fourth-order valence-electron chi connectivity index (χ4n) is 2.73. The van der Waals surface area contributed by atoms with Gasteiger partial charge in [0.2, 0.25) is 0 Å². The molecule has 2 heteroatoms. The van der Waals surface area contributed by atoms with Gasteiger partial charge in [0.25, 0.3) is 0 Å². The molecule has 1 aliphatic carbocycles. The zero-order valence-electron chi connectivity index (χ0n) is 8.48. The van der Waals surface area contributed by atoms with Crippen molar-refractivity contribution in [3.8, 4) is 6.07 Å². The lowest BCUT2D eigenvalue weighted by Crippen LogP contribution is -2.22. The van der Waals surface area contributed by atoms with Gasteiger partial charge in [-0.3, -0.25) is 4.99 Å². The number of aliphatic imine (C=N–C) groups is 1. The monoisotopic (exact) mass is 196 g/mol. The van der Waals surface area contributed by atoms with Gasteiger partial charge in [-0.05, 0) is 30.9 Å². The lowest BCUT2D eigenvalue weighted by Gasteiger charge is -2.24. The number of hydrogen-bond acceptors (Lipinski definition) is 2. The van der Waals surface area contributed by atoms with E-state index in [1.54, 1.807) is 0 Å². The smallest absolute Gasteiger partial charge is 0.0668 e. The van der Waals surface area contributed by atoms with Crippen molar-refractivity contribution in [2.75, 3.05) is 0 Å². The fraction of sp³-hybridized carbons (Fsp3) is 0.385. The maximum absolute atomic E-state index is 9.16. The predicted octanol–water partition coefficient (Wildman–Crippen LogP) is 3.18. The topological polar surface area (TPSA) is 36.1 Å². The number of nitrogens with zero attached hydrogens (tertiary/aromatic N) is 2. The van der Waals surface area contributed by atoms with Crippen LogP contribution in [0.15, 0.2) is 29.3 Å². The number of nitriles is 1. The Morgan fingerprint density at radius 2 is 2.20 bits per heavy atom. The minimum atomic E-state index is 0.140. The summed E-state index contributed by atoms with van der Waals surface area (Å²) in [6.07, 6.45) is 3.20. The maximum atomic E-state index is 9.16. The Balaban J connectivity index is 2.10. The lowest BCUT2D eigenvalue weighted by molar-refractivity contribution is 0.514. The summed E-state index contributed by atoms with van der Waals surface area (Å²) in [5.41, 5.74) is 3.58. The van der Waals surface area contributed by atoms with E-state index in [9.17, 15) is 0 Å². The van der Waals surface area contributed by atoms with Crippen molar-refractivity contribution in [1.82, 2.24) is 0 Å². The molecule has 2 nitrogen and oxygen atoms in total. The summed E-state index contributed by atoms with van der Waals surface area (Å²) in [7, 11) is 0. The van der Waals surface area contributed by atoms with Crippen molar-refractivity contribution in [2.45, 2.75) is 25.2 Å². The van der Waals surface area contributed by atoms with E-state index in [1.165, 1.54) is 11.3 Å². The van der Waals surface area contributed by atoms with Gasteiger partial charge in [-0.2, -0.15) is 5.26 Å². The molecule has 3 rings (SSSR count). The molecule has 2 aliphatic rings. The number of hydrogen-bond donors (Lipinski definition) is 0. The average molecular weight is 196 g/mol. The summed E-state index contributed by atoms with van der Waals surface area (Å²) in [5.74, 6) is 0.432. The van der Waals surface area contributed by atoms with Gasteiger partial charge in [0.1, 0.15) is 0 Å². The Hall–Kier alpha value is -1.62. The quantitative estimate of drug-likeness (QED) is 0.627. The Labute approximate surface area is 89.3 Å². The molecule has 2 unspecified atom stereocenters. The van der Waals surface area contributed by atoms with E-state index >= 15 is 0 Å². The molecular formula is C13H12N2. The molecule has 1 fully saturated rings. The van der Waals surface area contributed by atoms with Crippen LogP contribution in [-0.2, 0) is 0 Å². The lowest BCUT2D eigenvalue weighted by atomic mass is 9.76. The van der Waals surface area contributed by atoms with Crippen LogP contribution in [0.4, 0.5) is 5.69 Å². The summed E-state index contributed by atoms with van der Waals surface area (Å²) >= 11 is 0. The van der Waals surface area contributed by atoms with Crippen LogP contribution >= 0.6 is 0 Å². The number of para-hydroxylation sites is 1. The molecule has 1 aromatic rings. The minimum absolute atomic E-state index is 0.140. The van der Waals surface area contributed by atoms with Crippen molar-refractivity contribution < 1.29 is 0 Å². The molecule has 15 heavy (non-hydrogen) atoms. The van der Waals surface area contributed by atoms with E-state index in [0.29, 0.717) is 5.92 Å². The SMILES string of the molecule is N#CC1CCCC2=Nc3ccccc3C21. The molecule has 0 saturated heterocycles. The Kier molecular flexibility index (Phi) is 1.85. The molecule has 0 N–H and O–H groups in total. The third-order valence-corrected chi connectivity index (χ3v) is 3.41. The first-order chi connectivity index (χ1) is 7.40. The standard InChI is InChI=1S/C13H12N2/c14-8-9-4-3-7-12-13(9)10-5-1-2-6-11(10)15-12/h1-2,5-6,9,13H,3-4,7H2. The second kappa shape index (κ2) is 3.20. The number of fused-ring (bicyclic) bond motifs is 3. The third-order valence-electron chi connectivity index (χ3n) is 3.41. The molecule has 74 valence electrons. The van der Waals surface area contributed by atoms with Gasteiger partial charge in [0.15, 0.2) is 0 Å². The Morgan fingerprint density at radius 3 is 3.07 bits per heavy atom. The van der Waals surface area contributed by atoms with Crippen LogP contribution < -0.4 is 0 Å². The molecule has 0 aromatic heterocycles. The van der Waals surface area contributed by atoms with Crippen molar-refractivity contribution in [1.29, 1.82) is 5.26 Å². The van der Waals surface area contributed by atoms with Crippen LogP contribution in [0, 0.1) is 17.2 Å². The first kappa shape index (κ1) is 8.67. The molecule has 0 amide bonds. The highest BCUT2D eigenvalue weighted by molar-refractivity contribution is 5.99. The van der Waals surface area contributed by atoms with Crippen molar-refractivity contribution >= 4 is 11.4 Å². The second-order valence-corrected chi connectivity index (χ2v) is 4.27. The molecule has 1 aliphatic heterocycles. The van der Waals surface area contributed by atoms with Gasteiger partial charge in [0.05, 0.1) is 17.7 Å². The third kappa shape index (κ3) is 1.20. The first-order valence-corrected chi connectivity index (χ1v) is 5.46. The first-order valence-electron chi connectivity index (χ1n) is 5.46. The largest absolute Gasteiger partial charge is 0.257 e. The van der Waals surface area contributed by atoms with E-state index < -0.39 is 0 Å². The normalized spacial score (nSPS) is 27.5. The van der Waals surface area contributed by atoms with Crippen LogP contribution in [0.3, 0.4) is 0 Å². The van der Waals surface area contributed by atoms with Crippen LogP contribution in [-0.4, -0.2) is 5.71 Å². The maximum Gasteiger partial charge on any atom is 0.0668 e. The van der Waals surface area contributed by atoms with Gasteiger partial charge in [-0.25, -0.2) is 0 Å². The summed E-state index contributed by atoms with van der Waals surface area (Å²) in [4.78, 5) is 4.64. The van der Waals surface area contributed by atoms with E-state index in [0.717, 1.165) is 24.9 Å². The molecule has 1 heterocycles. The fourth-order valence-corrected chi connectivity index (χ4v) is 2.73. The predicted molar refractivity (Wildman–Crippen MR) is 59.2 cm³/mol. The van der Waals surface area contributed by atoms with Gasteiger partial charge in [-0.15, -0.1) is 0 Å². The highest BCUT2D eigenvalue weighted by atomic mass is 14.8. The van der Waals surface area contributed by atoms with Crippen LogP contribution in [0.2, 0.25) is 0 Å². The van der Waals surface area contributed by atoms with Crippen molar-refractivity contribution in [3.05, 3.63) is 29.8 Å². The Bertz CT molecular complexity index is 468. The van der Waals surface area contributed by atoms with Crippen LogP contribution in [0.5, 0.6) is 0 Å². The second-order valence-electron chi connectivity index (χ2n) is 4.27. The molecule has 0 spiro atoms. The van der Waals surface area contributed by atoms with Crippen LogP contribution in [0.25, 0.3) is 0 Å². The average Bonchev–Trinajstić information content (AvgIpc) is 2.67. The van der Waals surface area contributed by atoms with Crippen LogP contribution in [0.1, 0.15) is 30.7 Å². The summed E-state index contributed by atoms with van der Waals surface area (Å²) in [5, 5.41) is 9.16. The van der Waals surface area contributed by atoms with Crippen molar-refractivity contribution in [2.24, 2.45) is 10.9 Å². The highest BCUT2D eigenvalue weighted by Gasteiger charge is 2.36. The van der Waals surface area contributed by atoms with E-state index in [-0.39, 0.29) is 5.92 Å². The summed E-state index contributed by atoms with van der Waals surface area (Å²) in [6.45, 7) is 0. The number of rotatable bonds is 0. The summed E-state index contributed by atoms with van der Waals surface area (Å²) in [6, 6.07) is 10.7. The van der Waals surface area contributed by atoms with Gasteiger partial charge in [0, 0.05) is 11.6 Å². The molecule has 0 radical (unpaired) electrons. The van der Waals surface area contributed by atoms with Gasteiger partial charge in [-0.1, -0.05) is 18.2 Å². The molecular weight excluding hydrogens is 184 g/mol. The van der Waals surface area contributed by atoms with E-state index in [1.807, 2.05) is 12.1 Å². The zero-order chi connectivity index (χ0) is 10.3. The summed E-state index contributed by atoms with van der Waals surface area (Å²) < 4.78 is 0. The number of benzene rings is 1. The molecule has 2 atom stereocenters. The van der Waals surface area contributed by atoms with Gasteiger partial charge >= 0.3 is 0 Å².